The summed E-state index contributed by atoms with van der Waals surface area (Å²) in [5, 5.41) is 31.2. The molecule has 7 nitrogen and oxygen atoms in total. The van der Waals surface area contributed by atoms with Gasteiger partial charge in [-0.25, -0.2) is 0 Å². The smallest absolute Gasteiger partial charge is 0.306 e. The molecule has 7 heteroatoms. The Morgan fingerprint density at radius 2 is 1.71 bits per heavy atom. The van der Waals surface area contributed by atoms with E-state index in [1.807, 2.05) is 38.1 Å². The molecule has 0 unspecified atom stereocenters. The number of ether oxygens (including phenoxy) is 1. The van der Waals surface area contributed by atoms with Gasteiger partial charge in [0.2, 0.25) is 5.91 Å². The van der Waals surface area contributed by atoms with Gasteiger partial charge in [-0.3, -0.25) is 9.59 Å². The zero-order valence-corrected chi connectivity index (χ0v) is 21.5. The van der Waals surface area contributed by atoms with Gasteiger partial charge in [-0.1, -0.05) is 42.5 Å². The van der Waals surface area contributed by atoms with Crippen molar-refractivity contribution >= 4 is 11.9 Å². The lowest BCUT2D eigenvalue weighted by Crippen LogP contribution is -2.23. The number of aliphatic hydroxyl groups is 3. The fourth-order valence-electron chi connectivity index (χ4n) is 4.47. The third kappa shape index (κ3) is 14.1. The average Bonchev–Trinajstić information content (AvgIpc) is 3.05. The Morgan fingerprint density at radius 3 is 2.34 bits per heavy atom. The number of aryl methyl sites for hydroxylation is 1. The summed E-state index contributed by atoms with van der Waals surface area (Å²) in [5.41, 5.74) is 5.69. The van der Waals surface area contributed by atoms with Crippen LogP contribution in [0.4, 0.5) is 0 Å². The summed E-state index contributed by atoms with van der Waals surface area (Å²) in [6.07, 6.45) is 8.58. The molecular formula is C28H45NO6. The molecule has 0 spiro atoms. The Balaban J connectivity index is 0.00000142. The molecule has 5 atom stereocenters. The van der Waals surface area contributed by atoms with Crippen LogP contribution in [0.3, 0.4) is 0 Å². The van der Waals surface area contributed by atoms with Gasteiger partial charge in [-0.15, -0.1) is 0 Å². The zero-order valence-electron chi connectivity index (χ0n) is 21.5. The van der Waals surface area contributed by atoms with E-state index in [0.717, 1.165) is 19.3 Å². The highest BCUT2D eigenvalue weighted by Crippen LogP contribution is 2.38. The van der Waals surface area contributed by atoms with Crippen LogP contribution in [-0.4, -0.2) is 51.6 Å². The fraction of sp³-hybridized carbons (Fsp3) is 0.643. The van der Waals surface area contributed by atoms with Crippen molar-refractivity contribution in [3.05, 3.63) is 48.0 Å². The Kier molecular flexibility index (Phi) is 15.2. The Morgan fingerprint density at radius 1 is 1.09 bits per heavy atom. The second-order valence-corrected chi connectivity index (χ2v) is 9.70. The Hall–Kier alpha value is -2.22. The van der Waals surface area contributed by atoms with Crippen molar-refractivity contribution in [3.63, 3.8) is 0 Å². The van der Waals surface area contributed by atoms with E-state index in [1.54, 1.807) is 0 Å². The van der Waals surface area contributed by atoms with Crippen molar-refractivity contribution in [2.45, 2.75) is 103 Å². The van der Waals surface area contributed by atoms with Gasteiger partial charge in [0.15, 0.2) is 0 Å². The lowest BCUT2D eigenvalue weighted by molar-refractivity contribution is -0.147. The van der Waals surface area contributed by atoms with Crippen molar-refractivity contribution in [2.75, 3.05) is 0 Å². The summed E-state index contributed by atoms with van der Waals surface area (Å²) in [6, 6.07) is 10.1. The van der Waals surface area contributed by atoms with E-state index in [2.05, 4.69) is 23.9 Å². The summed E-state index contributed by atoms with van der Waals surface area (Å²) in [5.74, 6) is -0.478. The first-order chi connectivity index (χ1) is 16.6. The minimum absolute atomic E-state index is 0.00652. The van der Waals surface area contributed by atoms with Gasteiger partial charge in [0.05, 0.1) is 24.4 Å². The highest BCUT2D eigenvalue weighted by molar-refractivity contribution is 5.70. The first-order valence-electron chi connectivity index (χ1n) is 12.8. The molecule has 1 aliphatic rings. The van der Waals surface area contributed by atoms with Crippen molar-refractivity contribution < 1.29 is 29.6 Å². The number of carbonyl (C=O) groups is 2. The van der Waals surface area contributed by atoms with Gasteiger partial charge in [0, 0.05) is 13.3 Å². The molecule has 1 fully saturated rings. The molecule has 0 bridgehead atoms. The lowest BCUT2D eigenvalue weighted by atomic mass is 9.85. The fourth-order valence-corrected chi connectivity index (χ4v) is 4.47. The molecule has 2 rings (SSSR count). The van der Waals surface area contributed by atoms with Gasteiger partial charge in [-0.2, -0.15) is 0 Å². The minimum atomic E-state index is -0.513. The zero-order chi connectivity index (χ0) is 26.2. The number of hydrogen-bond donors (Lipinski definition) is 4. The van der Waals surface area contributed by atoms with E-state index in [-0.39, 0.29) is 29.8 Å². The molecule has 0 aromatic heterocycles. The van der Waals surface area contributed by atoms with Crippen molar-refractivity contribution in [2.24, 2.45) is 17.6 Å². The molecule has 198 valence electrons. The molecule has 35 heavy (non-hydrogen) atoms. The third-order valence-corrected chi connectivity index (χ3v) is 6.16. The number of unbranched alkanes of at least 4 members (excludes halogenated alkanes) is 1. The number of benzene rings is 1. The quantitative estimate of drug-likeness (QED) is 0.189. The van der Waals surface area contributed by atoms with Crippen LogP contribution in [0.5, 0.6) is 0 Å². The standard InChI is InChI=1S/C26H40O5.C2H5NO/c1-19(2)31-26(30)13-9-4-3-8-12-22-23(25(29)18-24(22)28)17-16-21(27)15-14-20-10-6-5-7-11-20;1-2(3)4/h3,5-8,10-11,19,21-25,27-29H,4,9,12-18H2,1-2H3;1H3,(H2,3,4)/b8-3-;/t21-,22+,23+,24-,25+;/m0./s1. The maximum atomic E-state index is 11.5. The number of primary amides is 1. The summed E-state index contributed by atoms with van der Waals surface area (Å²) < 4.78 is 5.12. The molecule has 0 heterocycles. The van der Waals surface area contributed by atoms with Gasteiger partial charge in [0.25, 0.3) is 0 Å². The SMILES string of the molecule is CC(C)OC(=O)CCC/C=C\C[C@@H]1[C@@H](CC[C@@H](O)CCc2ccccc2)[C@H](O)C[C@@H]1O.CC(N)=O. The Bertz CT molecular complexity index is 747. The van der Waals surface area contributed by atoms with E-state index >= 15 is 0 Å². The highest BCUT2D eigenvalue weighted by atomic mass is 16.5. The second-order valence-electron chi connectivity index (χ2n) is 9.70. The molecule has 1 aromatic rings. The molecule has 0 aliphatic heterocycles. The lowest BCUT2D eigenvalue weighted by Gasteiger charge is -2.23. The van der Waals surface area contributed by atoms with Crippen LogP contribution in [0.15, 0.2) is 42.5 Å². The summed E-state index contributed by atoms with van der Waals surface area (Å²) in [6.45, 7) is 5.00. The highest BCUT2D eigenvalue weighted by Gasteiger charge is 2.40. The number of aliphatic hydroxyl groups excluding tert-OH is 3. The van der Waals surface area contributed by atoms with Crippen molar-refractivity contribution in [3.8, 4) is 0 Å². The maximum absolute atomic E-state index is 11.5. The first kappa shape index (κ1) is 30.8. The number of allylic oxidation sites excluding steroid dienone is 2. The predicted octanol–water partition coefficient (Wildman–Crippen LogP) is 3.68. The van der Waals surface area contributed by atoms with Crippen LogP contribution in [0, 0.1) is 11.8 Å². The van der Waals surface area contributed by atoms with E-state index in [0.29, 0.717) is 38.5 Å². The maximum Gasteiger partial charge on any atom is 0.306 e. The molecule has 0 radical (unpaired) electrons. The van der Waals surface area contributed by atoms with Crippen molar-refractivity contribution in [1.29, 1.82) is 0 Å². The molecule has 0 saturated heterocycles. The number of nitrogens with two attached hydrogens (primary N) is 1. The molecule has 1 amide bonds. The van der Waals surface area contributed by atoms with Crippen LogP contribution in [0.2, 0.25) is 0 Å². The van der Waals surface area contributed by atoms with Gasteiger partial charge < -0.3 is 25.8 Å². The summed E-state index contributed by atoms with van der Waals surface area (Å²) in [7, 11) is 0. The number of amides is 1. The van der Waals surface area contributed by atoms with E-state index in [1.165, 1.54) is 12.5 Å². The van der Waals surface area contributed by atoms with E-state index in [9.17, 15) is 24.9 Å². The van der Waals surface area contributed by atoms with Gasteiger partial charge >= 0.3 is 5.97 Å². The molecule has 1 aliphatic carbocycles. The molecule has 5 N–H and O–H groups in total. The summed E-state index contributed by atoms with van der Waals surface area (Å²) in [4.78, 5) is 20.8. The van der Waals surface area contributed by atoms with Crippen LogP contribution >= 0.6 is 0 Å². The summed E-state index contributed by atoms with van der Waals surface area (Å²) >= 11 is 0. The van der Waals surface area contributed by atoms with Crippen molar-refractivity contribution in [1.82, 2.24) is 0 Å². The van der Waals surface area contributed by atoms with Crippen LogP contribution in [0.1, 0.15) is 77.7 Å². The van der Waals surface area contributed by atoms with Gasteiger partial charge in [-0.05, 0) is 82.6 Å². The third-order valence-electron chi connectivity index (χ3n) is 6.16. The van der Waals surface area contributed by atoms with Crippen LogP contribution in [0.25, 0.3) is 0 Å². The monoisotopic (exact) mass is 491 g/mol. The van der Waals surface area contributed by atoms with Crippen LogP contribution in [-0.2, 0) is 20.7 Å². The van der Waals surface area contributed by atoms with Crippen LogP contribution < -0.4 is 5.73 Å². The topological polar surface area (TPSA) is 130 Å². The number of rotatable bonds is 13. The first-order valence-corrected chi connectivity index (χ1v) is 12.8. The molecular weight excluding hydrogens is 446 g/mol. The normalized spacial score (nSPS) is 22.6. The van der Waals surface area contributed by atoms with Gasteiger partial charge in [0.1, 0.15) is 0 Å². The average molecular weight is 492 g/mol. The second kappa shape index (κ2) is 17.2. The number of hydrogen-bond acceptors (Lipinski definition) is 6. The largest absolute Gasteiger partial charge is 0.463 e. The van der Waals surface area contributed by atoms with E-state index in [4.69, 9.17) is 4.74 Å². The molecule has 1 saturated carbocycles. The Labute approximate surface area is 210 Å². The minimum Gasteiger partial charge on any atom is -0.463 e. The predicted molar refractivity (Wildman–Crippen MR) is 137 cm³/mol. The number of esters is 1. The van der Waals surface area contributed by atoms with E-state index < -0.39 is 18.3 Å². The molecule has 1 aromatic carbocycles. The number of carbonyl (C=O) groups excluding carboxylic acids is 2.